The Kier molecular flexibility index (Phi) is 4.47. The molecule has 0 fully saturated rings. The van der Waals surface area contributed by atoms with Gasteiger partial charge in [-0.2, -0.15) is 0 Å². The highest BCUT2D eigenvalue weighted by molar-refractivity contribution is 5.67. The lowest BCUT2D eigenvalue weighted by Gasteiger charge is -2.22. The van der Waals surface area contributed by atoms with Crippen molar-refractivity contribution < 1.29 is 4.74 Å². The van der Waals surface area contributed by atoms with E-state index in [4.69, 9.17) is 4.74 Å². The Morgan fingerprint density at radius 2 is 1.81 bits per heavy atom. The van der Waals surface area contributed by atoms with Gasteiger partial charge in [-0.15, -0.1) is 5.10 Å². The maximum Gasteiger partial charge on any atom is 0.118 e. The van der Waals surface area contributed by atoms with Crippen molar-refractivity contribution in [3.05, 3.63) is 59.9 Å². The number of methoxy groups -OCH3 is 1. The SMILES string of the molecule is COc1ccc(-c2ccc3c(c2)CN(CC(C)C)Cc2cnnn2-3)cc1. The monoisotopic (exact) mass is 348 g/mol. The minimum absolute atomic E-state index is 0.616. The minimum atomic E-state index is 0.616. The van der Waals surface area contributed by atoms with E-state index in [1.54, 1.807) is 7.11 Å². The second kappa shape index (κ2) is 6.92. The number of ether oxygens (including phenoxy) is 1. The van der Waals surface area contributed by atoms with Crippen LogP contribution in [0.3, 0.4) is 0 Å². The molecule has 4 rings (SSSR count). The minimum Gasteiger partial charge on any atom is -0.497 e. The van der Waals surface area contributed by atoms with Gasteiger partial charge in [0.25, 0.3) is 0 Å². The molecule has 26 heavy (non-hydrogen) atoms. The molecule has 0 saturated heterocycles. The highest BCUT2D eigenvalue weighted by atomic mass is 16.5. The van der Waals surface area contributed by atoms with Crippen LogP contribution in [-0.4, -0.2) is 33.5 Å². The van der Waals surface area contributed by atoms with Crippen LogP contribution in [0.15, 0.2) is 48.7 Å². The first-order valence-electron chi connectivity index (χ1n) is 9.03. The largest absolute Gasteiger partial charge is 0.497 e. The molecule has 0 radical (unpaired) electrons. The van der Waals surface area contributed by atoms with E-state index in [9.17, 15) is 0 Å². The van der Waals surface area contributed by atoms with E-state index in [0.29, 0.717) is 5.92 Å². The second-order valence-corrected chi connectivity index (χ2v) is 7.27. The first-order chi connectivity index (χ1) is 12.6. The van der Waals surface area contributed by atoms with Gasteiger partial charge >= 0.3 is 0 Å². The summed E-state index contributed by atoms with van der Waals surface area (Å²) >= 11 is 0. The van der Waals surface area contributed by atoms with Crippen molar-refractivity contribution in [1.29, 1.82) is 0 Å². The van der Waals surface area contributed by atoms with Crippen LogP contribution >= 0.6 is 0 Å². The third-order valence-corrected chi connectivity index (χ3v) is 4.75. The van der Waals surface area contributed by atoms with Gasteiger partial charge in [-0.25, -0.2) is 4.68 Å². The van der Waals surface area contributed by atoms with Crippen LogP contribution in [0, 0.1) is 5.92 Å². The summed E-state index contributed by atoms with van der Waals surface area (Å²) < 4.78 is 7.25. The molecule has 1 aliphatic heterocycles. The molecule has 0 amide bonds. The van der Waals surface area contributed by atoms with Gasteiger partial charge in [0, 0.05) is 19.6 Å². The number of benzene rings is 2. The van der Waals surface area contributed by atoms with E-state index in [2.05, 4.69) is 59.4 Å². The highest BCUT2D eigenvalue weighted by Gasteiger charge is 2.21. The summed E-state index contributed by atoms with van der Waals surface area (Å²) in [5, 5.41) is 8.45. The molecule has 5 nitrogen and oxygen atoms in total. The molecule has 0 bridgehead atoms. The van der Waals surface area contributed by atoms with E-state index in [0.717, 1.165) is 36.8 Å². The van der Waals surface area contributed by atoms with Crippen molar-refractivity contribution in [3.8, 4) is 22.6 Å². The first kappa shape index (κ1) is 16.8. The fraction of sp³-hybridized carbons (Fsp3) is 0.333. The zero-order chi connectivity index (χ0) is 18.1. The molecule has 2 aromatic carbocycles. The summed E-state index contributed by atoms with van der Waals surface area (Å²) in [4.78, 5) is 2.48. The van der Waals surface area contributed by atoms with Crippen LogP contribution in [0.1, 0.15) is 25.1 Å². The third kappa shape index (κ3) is 3.22. The molecule has 0 saturated carbocycles. The fourth-order valence-corrected chi connectivity index (χ4v) is 3.62. The smallest absolute Gasteiger partial charge is 0.118 e. The maximum absolute atomic E-state index is 5.27. The lowest BCUT2D eigenvalue weighted by Crippen LogP contribution is -2.26. The molecule has 0 N–H and O–H groups in total. The Hall–Kier alpha value is -2.66. The highest BCUT2D eigenvalue weighted by Crippen LogP contribution is 2.29. The predicted octanol–water partition coefficient (Wildman–Crippen LogP) is 3.91. The van der Waals surface area contributed by atoms with Gasteiger partial charge in [0.15, 0.2) is 0 Å². The van der Waals surface area contributed by atoms with Gasteiger partial charge in [-0.1, -0.05) is 37.3 Å². The second-order valence-electron chi connectivity index (χ2n) is 7.27. The number of rotatable bonds is 4. The summed E-state index contributed by atoms with van der Waals surface area (Å²) in [6.07, 6.45) is 1.87. The summed E-state index contributed by atoms with van der Waals surface area (Å²) in [6.45, 7) is 7.36. The van der Waals surface area contributed by atoms with Crippen molar-refractivity contribution in [3.63, 3.8) is 0 Å². The average Bonchev–Trinajstić information content (AvgIpc) is 3.03. The molecule has 2 heterocycles. The standard InChI is InChI=1S/C21H24N4O/c1-15(2)12-24-13-18-10-17(16-4-7-20(26-3)8-5-16)6-9-21(18)25-19(14-24)11-22-23-25/h4-11,15H,12-14H2,1-3H3. The van der Waals surface area contributed by atoms with Crippen LogP contribution in [-0.2, 0) is 13.1 Å². The van der Waals surface area contributed by atoms with E-state index in [-0.39, 0.29) is 0 Å². The summed E-state index contributed by atoms with van der Waals surface area (Å²) in [6, 6.07) is 14.8. The lowest BCUT2D eigenvalue weighted by atomic mass is 10.0. The van der Waals surface area contributed by atoms with Crippen LogP contribution in [0.4, 0.5) is 0 Å². The van der Waals surface area contributed by atoms with E-state index >= 15 is 0 Å². The van der Waals surface area contributed by atoms with Gasteiger partial charge in [0.05, 0.1) is 24.7 Å². The molecule has 1 aliphatic rings. The molecule has 5 heteroatoms. The summed E-state index contributed by atoms with van der Waals surface area (Å²) in [7, 11) is 1.69. The molecule has 134 valence electrons. The van der Waals surface area contributed by atoms with Crippen molar-refractivity contribution in [1.82, 2.24) is 19.9 Å². The van der Waals surface area contributed by atoms with Gasteiger partial charge in [-0.05, 0) is 46.9 Å². The van der Waals surface area contributed by atoms with Crippen molar-refractivity contribution in [2.75, 3.05) is 13.7 Å². The topological polar surface area (TPSA) is 43.2 Å². The Morgan fingerprint density at radius 3 is 2.54 bits per heavy atom. The van der Waals surface area contributed by atoms with Gasteiger partial charge < -0.3 is 4.74 Å². The Morgan fingerprint density at radius 1 is 1.04 bits per heavy atom. The van der Waals surface area contributed by atoms with Gasteiger partial charge in [-0.3, -0.25) is 4.90 Å². The quantitative estimate of drug-likeness (QED) is 0.717. The van der Waals surface area contributed by atoms with Crippen LogP contribution in [0.5, 0.6) is 5.75 Å². The Bertz CT molecular complexity index is 899. The summed E-state index contributed by atoms with van der Waals surface area (Å²) in [5.41, 5.74) is 5.94. The number of fused-ring (bicyclic) bond motifs is 3. The molecule has 0 aliphatic carbocycles. The van der Waals surface area contributed by atoms with Crippen molar-refractivity contribution >= 4 is 0 Å². The van der Waals surface area contributed by atoms with Crippen molar-refractivity contribution in [2.45, 2.75) is 26.9 Å². The zero-order valence-corrected chi connectivity index (χ0v) is 15.5. The number of nitrogens with zero attached hydrogens (tertiary/aromatic N) is 4. The van der Waals surface area contributed by atoms with E-state index in [1.165, 1.54) is 16.7 Å². The van der Waals surface area contributed by atoms with Crippen LogP contribution in [0.2, 0.25) is 0 Å². The molecular weight excluding hydrogens is 324 g/mol. The maximum atomic E-state index is 5.27. The Balaban J connectivity index is 1.74. The fourth-order valence-electron chi connectivity index (χ4n) is 3.62. The number of hydrogen-bond acceptors (Lipinski definition) is 4. The molecule has 3 aromatic rings. The van der Waals surface area contributed by atoms with Gasteiger partial charge in [0.2, 0.25) is 0 Å². The Labute approximate surface area is 154 Å². The van der Waals surface area contributed by atoms with Crippen LogP contribution in [0.25, 0.3) is 16.8 Å². The summed E-state index contributed by atoms with van der Waals surface area (Å²) in [5.74, 6) is 1.49. The number of hydrogen-bond donors (Lipinski definition) is 0. The molecular formula is C21H24N4O. The molecule has 0 atom stereocenters. The van der Waals surface area contributed by atoms with E-state index in [1.807, 2.05) is 23.0 Å². The first-order valence-corrected chi connectivity index (χ1v) is 9.03. The van der Waals surface area contributed by atoms with Crippen molar-refractivity contribution in [2.24, 2.45) is 5.92 Å². The lowest BCUT2D eigenvalue weighted by molar-refractivity contribution is 0.228. The average molecular weight is 348 g/mol. The normalized spacial score (nSPS) is 14.0. The van der Waals surface area contributed by atoms with Gasteiger partial charge in [0.1, 0.15) is 5.75 Å². The zero-order valence-electron chi connectivity index (χ0n) is 15.5. The molecule has 0 spiro atoms. The molecule has 1 aromatic heterocycles. The number of aromatic nitrogens is 3. The van der Waals surface area contributed by atoms with E-state index < -0.39 is 0 Å². The molecule has 0 unspecified atom stereocenters. The van der Waals surface area contributed by atoms with Crippen LogP contribution < -0.4 is 4.74 Å². The third-order valence-electron chi connectivity index (χ3n) is 4.75. The predicted molar refractivity (Wildman–Crippen MR) is 102 cm³/mol.